The van der Waals surface area contributed by atoms with Gasteiger partial charge in [0.2, 0.25) is 0 Å². The Kier molecular flexibility index (Phi) is 3.37. The maximum atomic E-state index is 13.3. The second-order valence-electron chi connectivity index (χ2n) is 3.94. The summed E-state index contributed by atoms with van der Waals surface area (Å²) in [5, 5.41) is 15.4. The molecule has 0 bridgehead atoms. The minimum Gasteiger partial charge on any atom is -0.381 e. The number of anilines is 1. The fraction of sp³-hybridized carbons (Fsp3) is 0.417. The van der Waals surface area contributed by atoms with E-state index in [-0.39, 0.29) is 5.56 Å². The highest BCUT2D eigenvalue weighted by atomic mass is 19.1. The number of rotatable bonds is 2. The summed E-state index contributed by atoms with van der Waals surface area (Å²) in [5.74, 6) is -0.457. The van der Waals surface area contributed by atoms with E-state index >= 15 is 0 Å². The Bertz CT molecular complexity index is 405. The summed E-state index contributed by atoms with van der Waals surface area (Å²) in [6.45, 7) is 1.93. The number of nitriles is 1. The number of benzene rings is 1. The lowest BCUT2D eigenvalue weighted by molar-refractivity contribution is 0.479. The van der Waals surface area contributed by atoms with Crippen LogP contribution >= 0.6 is 0 Å². The first-order chi connectivity index (χ1) is 7.81. The molecule has 2 N–H and O–H groups in total. The minimum atomic E-state index is -0.457. The lowest BCUT2D eigenvalue weighted by Crippen LogP contribution is -2.35. The molecule has 0 aliphatic carbocycles. The minimum absolute atomic E-state index is 0.112. The highest BCUT2D eigenvalue weighted by molar-refractivity contribution is 5.58. The monoisotopic (exact) mass is 219 g/mol. The van der Waals surface area contributed by atoms with Crippen molar-refractivity contribution in [3.05, 3.63) is 29.6 Å². The van der Waals surface area contributed by atoms with Crippen molar-refractivity contribution < 1.29 is 4.39 Å². The normalized spacial score (nSPS) is 16.8. The lowest BCUT2D eigenvalue weighted by Gasteiger charge is -2.25. The van der Waals surface area contributed by atoms with Crippen molar-refractivity contribution in [3.8, 4) is 6.07 Å². The fourth-order valence-corrected chi connectivity index (χ4v) is 1.94. The van der Waals surface area contributed by atoms with Gasteiger partial charge in [-0.15, -0.1) is 0 Å². The van der Waals surface area contributed by atoms with Crippen molar-refractivity contribution in [3.63, 3.8) is 0 Å². The van der Waals surface area contributed by atoms with Crippen LogP contribution in [0.5, 0.6) is 0 Å². The van der Waals surface area contributed by atoms with Gasteiger partial charge in [-0.3, -0.25) is 0 Å². The molecule has 1 aromatic rings. The van der Waals surface area contributed by atoms with Crippen LogP contribution in [0.15, 0.2) is 18.2 Å². The third kappa shape index (κ3) is 2.31. The largest absolute Gasteiger partial charge is 0.381 e. The molecule has 0 radical (unpaired) electrons. The van der Waals surface area contributed by atoms with E-state index < -0.39 is 5.82 Å². The summed E-state index contributed by atoms with van der Waals surface area (Å²) < 4.78 is 13.3. The molecule has 2 rings (SSSR count). The zero-order chi connectivity index (χ0) is 11.4. The third-order valence-corrected chi connectivity index (χ3v) is 2.82. The highest BCUT2D eigenvalue weighted by Gasteiger charge is 2.15. The Hall–Kier alpha value is -1.60. The molecule has 1 aromatic carbocycles. The smallest absolute Gasteiger partial charge is 0.143 e. The first-order valence-electron chi connectivity index (χ1n) is 5.47. The van der Waals surface area contributed by atoms with Gasteiger partial charge in [-0.05, 0) is 38.1 Å². The Balaban J connectivity index is 2.14. The van der Waals surface area contributed by atoms with E-state index in [0.29, 0.717) is 11.7 Å². The van der Waals surface area contributed by atoms with Crippen molar-refractivity contribution in [2.75, 3.05) is 18.4 Å². The zero-order valence-electron chi connectivity index (χ0n) is 8.96. The van der Waals surface area contributed by atoms with Crippen LogP contribution in [0.3, 0.4) is 0 Å². The van der Waals surface area contributed by atoms with E-state index in [4.69, 9.17) is 5.26 Å². The van der Waals surface area contributed by atoms with Crippen LogP contribution in [0.2, 0.25) is 0 Å². The summed E-state index contributed by atoms with van der Waals surface area (Å²) in [5.41, 5.74) is 0.718. The molecule has 1 saturated heterocycles. The van der Waals surface area contributed by atoms with Gasteiger partial charge in [-0.2, -0.15) is 5.26 Å². The molecular formula is C12H14FN3. The van der Waals surface area contributed by atoms with Gasteiger partial charge in [-0.1, -0.05) is 6.07 Å². The summed E-state index contributed by atoms with van der Waals surface area (Å²) in [7, 11) is 0. The maximum Gasteiger partial charge on any atom is 0.143 e. The fourth-order valence-electron chi connectivity index (χ4n) is 1.94. The standard InChI is InChI=1S/C12H14FN3/c13-11-2-1-3-12(10(11)8-14)16-9-4-6-15-7-5-9/h1-3,9,15-16H,4-7H2. The molecule has 0 saturated carbocycles. The number of hydrogen-bond acceptors (Lipinski definition) is 3. The summed E-state index contributed by atoms with van der Waals surface area (Å²) in [6.07, 6.45) is 2.00. The number of halogens is 1. The number of piperidine rings is 1. The van der Waals surface area contributed by atoms with Gasteiger partial charge in [0, 0.05) is 6.04 Å². The second kappa shape index (κ2) is 4.95. The molecule has 1 aliphatic heterocycles. The van der Waals surface area contributed by atoms with Crippen molar-refractivity contribution in [2.45, 2.75) is 18.9 Å². The van der Waals surface area contributed by atoms with Gasteiger partial charge >= 0.3 is 0 Å². The molecule has 0 amide bonds. The van der Waals surface area contributed by atoms with E-state index in [1.165, 1.54) is 6.07 Å². The lowest BCUT2D eigenvalue weighted by atomic mass is 10.1. The molecule has 1 fully saturated rings. The van der Waals surface area contributed by atoms with Crippen molar-refractivity contribution in [2.24, 2.45) is 0 Å². The molecule has 0 atom stereocenters. The third-order valence-electron chi connectivity index (χ3n) is 2.82. The topological polar surface area (TPSA) is 47.9 Å². The zero-order valence-corrected chi connectivity index (χ0v) is 8.96. The van der Waals surface area contributed by atoms with Gasteiger partial charge in [0.05, 0.1) is 5.69 Å². The average Bonchev–Trinajstić information content (AvgIpc) is 2.31. The Morgan fingerprint density at radius 2 is 2.12 bits per heavy atom. The molecule has 3 nitrogen and oxygen atoms in total. The first kappa shape index (κ1) is 10.9. The van der Waals surface area contributed by atoms with E-state index in [2.05, 4.69) is 10.6 Å². The highest BCUT2D eigenvalue weighted by Crippen LogP contribution is 2.20. The number of nitrogens with zero attached hydrogens (tertiary/aromatic N) is 1. The SMILES string of the molecule is N#Cc1c(F)cccc1NC1CCNCC1. The predicted octanol–water partition coefficient (Wildman–Crippen LogP) is 1.86. The molecule has 1 aliphatic rings. The van der Waals surface area contributed by atoms with Crippen LogP contribution in [0.25, 0.3) is 0 Å². The number of hydrogen-bond donors (Lipinski definition) is 2. The molecule has 0 spiro atoms. The Labute approximate surface area is 94.3 Å². The first-order valence-corrected chi connectivity index (χ1v) is 5.47. The molecule has 0 aromatic heterocycles. The molecule has 1 heterocycles. The van der Waals surface area contributed by atoms with Gasteiger partial charge in [0.15, 0.2) is 0 Å². The molecule has 0 unspecified atom stereocenters. The molecule has 16 heavy (non-hydrogen) atoms. The Morgan fingerprint density at radius 3 is 2.81 bits per heavy atom. The van der Waals surface area contributed by atoms with E-state index in [0.717, 1.165) is 25.9 Å². The number of nitrogens with one attached hydrogen (secondary N) is 2. The summed E-state index contributed by atoms with van der Waals surface area (Å²) in [6, 6.07) is 6.92. The van der Waals surface area contributed by atoms with Gasteiger partial charge in [-0.25, -0.2) is 4.39 Å². The van der Waals surface area contributed by atoms with Gasteiger partial charge < -0.3 is 10.6 Å². The van der Waals surface area contributed by atoms with E-state index in [1.807, 2.05) is 6.07 Å². The van der Waals surface area contributed by atoms with Crippen LogP contribution in [0.4, 0.5) is 10.1 Å². The van der Waals surface area contributed by atoms with Crippen LogP contribution in [0.1, 0.15) is 18.4 Å². The van der Waals surface area contributed by atoms with Crippen molar-refractivity contribution in [1.29, 1.82) is 5.26 Å². The van der Waals surface area contributed by atoms with Crippen LogP contribution in [0, 0.1) is 17.1 Å². The van der Waals surface area contributed by atoms with Gasteiger partial charge in [0.25, 0.3) is 0 Å². The van der Waals surface area contributed by atoms with Crippen LogP contribution in [-0.4, -0.2) is 19.1 Å². The van der Waals surface area contributed by atoms with Crippen LogP contribution < -0.4 is 10.6 Å². The van der Waals surface area contributed by atoms with Gasteiger partial charge in [0.1, 0.15) is 17.4 Å². The average molecular weight is 219 g/mol. The summed E-state index contributed by atoms with van der Waals surface area (Å²) in [4.78, 5) is 0. The van der Waals surface area contributed by atoms with Crippen molar-refractivity contribution >= 4 is 5.69 Å². The van der Waals surface area contributed by atoms with Crippen LogP contribution in [-0.2, 0) is 0 Å². The summed E-state index contributed by atoms with van der Waals surface area (Å²) >= 11 is 0. The van der Waals surface area contributed by atoms with E-state index in [9.17, 15) is 4.39 Å². The maximum absolute atomic E-state index is 13.3. The second-order valence-corrected chi connectivity index (χ2v) is 3.94. The predicted molar refractivity (Wildman–Crippen MR) is 60.6 cm³/mol. The van der Waals surface area contributed by atoms with E-state index in [1.54, 1.807) is 12.1 Å². The molecular weight excluding hydrogens is 205 g/mol. The van der Waals surface area contributed by atoms with Crippen molar-refractivity contribution in [1.82, 2.24) is 5.32 Å². The molecule has 84 valence electrons. The molecule has 4 heteroatoms. The Morgan fingerprint density at radius 1 is 1.38 bits per heavy atom. The quantitative estimate of drug-likeness (QED) is 0.798.